The Morgan fingerprint density at radius 2 is 1.73 bits per heavy atom. The molecule has 0 aromatic rings. The molecular weight excluding hydrogens is 180 g/mol. The minimum Gasteiger partial charge on any atom is -0.103 e. The van der Waals surface area contributed by atoms with Crippen molar-refractivity contribution < 1.29 is 0 Å². The van der Waals surface area contributed by atoms with Crippen LogP contribution in [0.5, 0.6) is 0 Å². The van der Waals surface area contributed by atoms with Crippen LogP contribution in [-0.4, -0.2) is 0 Å². The summed E-state index contributed by atoms with van der Waals surface area (Å²) >= 11 is 0. The van der Waals surface area contributed by atoms with E-state index in [4.69, 9.17) is 0 Å². The van der Waals surface area contributed by atoms with Crippen molar-refractivity contribution >= 4 is 0 Å². The fourth-order valence-electron chi connectivity index (χ4n) is 1.81. The first kappa shape index (κ1) is 14.5. The van der Waals surface area contributed by atoms with Crippen LogP contribution in [0.15, 0.2) is 24.8 Å². The van der Waals surface area contributed by atoms with Crippen molar-refractivity contribution in [1.82, 2.24) is 0 Å². The molecule has 0 aliphatic heterocycles. The third kappa shape index (κ3) is 9.78. The van der Waals surface area contributed by atoms with E-state index < -0.39 is 0 Å². The van der Waals surface area contributed by atoms with Crippen LogP contribution in [0.25, 0.3) is 0 Å². The van der Waals surface area contributed by atoms with Crippen LogP contribution in [0.4, 0.5) is 0 Å². The summed E-state index contributed by atoms with van der Waals surface area (Å²) in [6, 6.07) is 0. The molecule has 0 fully saturated rings. The largest absolute Gasteiger partial charge is 0.103 e. The van der Waals surface area contributed by atoms with Crippen molar-refractivity contribution in [3.63, 3.8) is 0 Å². The molecule has 0 bridgehead atoms. The van der Waals surface area contributed by atoms with Crippen LogP contribution in [-0.2, 0) is 0 Å². The van der Waals surface area contributed by atoms with E-state index in [2.05, 4.69) is 39.5 Å². The first-order valence-electron chi connectivity index (χ1n) is 6.48. The zero-order valence-electron chi connectivity index (χ0n) is 10.8. The molecule has 0 aromatic heterocycles. The Bertz CT molecular complexity index is 167. The third-order valence-electron chi connectivity index (χ3n) is 2.90. The van der Waals surface area contributed by atoms with Crippen LogP contribution in [0.1, 0.15) is 59.3 Å². The Hall–Kier alpha value is -0.520. The van der Waals surface area contributed by atoms with E-state index in [-0.39, 0.29) is 0 Å². The van der Waals surface area contributed by atoms with Gasteiger partial charge in [0, 0.05) is 0 Å². The summed E-state index contributed by atoms with van der Waals surface area (Å²) in [6.07, 6.45) is 14.4. The molecule has 0 saturated heterocycles. The molecule has 0 radical (unpaired) electrons. The maximum absolute atomic E-state index is 3.76. The topological polar surface area (TPSA) is 0 Å². The molecule has 0 rings (SSSR count). The average molecular weight is 208 g/mol. The molecule has 0 heteroatoms. The molecule has 0 heterocycles. The van der Waals surface area contributed by atoms with Gasteiger partial charge in [0.15, 0.2) is 0 Å². The molecule has 0 spiro atoms. The zero-order chi connectivity index (χ0) is 11.5. The number of allylic oxidation sites excluding steroid dienone is 3. The highest BCUT2D eigenvalue weighted by molar-refractivity contribution is 4.86. The Labute approximate surface area is 96.5 Å². The van der Waals surface area contributed by atoms with Crippen molar-refractivity contribution in [3.8, 4) is 0 Å². The lowest BCUT2D eigenvalue weighted by atomic mass is 9.98. The van der Waals surface area contributed by atoms with E-state index >= 15 is 0 Å². The van der Waals surface area contributed by atoms with Crippen LogP contribution in [0.2, 0.25) is 0 Å². The van der Waals surface area contributed by atoms with Crippen LogP contribution in [0, 0.1) is 11.8 Å². The number of hydrogen-bond donors (Lipinski definition) is 0. The van der Waals surface area contributed by atoms with Crippen molar-refractivity contribution in [1.29, 1.82) is 0 Å². The molecule has 0 aliphatic rings. The molecule has 15 heavy (non-hydrogen) atoms. The van der Waals surface area contributed by atoms with Gasteiger partial charge in [-0.1, -0.05) is 45.4 Å². The fourth-order valence-corrected chi connectivity index (χ4v) is 1.81. The van der Waals surface area contributed by atoms with Crippen molar-refractivity contribution in [2.75, 3.05) is 0 Å². The minimum absolute atomic E-state index is 0.762. The zero-order valence-corrected chi connectivity index (χ0v) is 10.8. The minimum atomic E-state index is 0.762. The van der Waals surface area contributed by atoms with Crippen LogP contribution in [0.3, 0.4) is 0 Å². The SMILES string of the molecule is C=CCCC(C)CCC=CC(C)CCC. The highest BCUT2D eigenvalue weighted by Gasteiger charge is 1.99. The number of hydrogen-bond acceptors (Lipinski definition) is 0. The molecule has 0 saturated carbocycles. The van der Waals surface area contributed by atoms with E-state index in [0.717, 1.165) is 18.3 Å². The summed E-state index contributed by atoms with van der Waals surface area (Å²) in [5.41, 5.74) is 0. The first-order chi connectivity index (χ1) is 7.20. The quantitative estimate of drug-likeness (QED) is 0.447. The lowest BCUT2D eigenvalue weighted by Gasteiger charge is -2.08. The van der Waals surface area contributed by atoms with Gasteiger partial charge in [-0.05, 0) is 43.9 Å². The monoisotopic (exact) mass is 208 g/mol. The first-order valence-corrected chi connectivity index (χ1v) is 6.48. The average Bonchev–Trinajstić information content (AvgIpc) is 2.22. The maximum atomic E-state index is 3.76. The van der Waals surface area contributed by atoms with Gasteiger partial charge in [-0.15, -0.1) is 6.58 Å². The second-order valence-electron chi connectivity index (χ2n) is 4.74. The van der Waals surface area contributed by atoms with Gasteiger partial charge in [-0.2, -0.15) is 0 Å². The molecule has 2 atom stereocenters. The van der Waals surface area contributed by atoms with Crippen molar-refractivity contribution in [3.05, 3.63) is 24.8 Å². The molecule has 2 unspecified atom stereocenters. The highest BCUT2D eigenvalue weighted by atomic mass is 14.0. The molecule has 0 amide bonds. The lowest BCUT2D eigenvalue weighted by molar-refractivity contribution is 0.501. The van der Waals surface area contributed by atoms with E-state index in [1.165, 1.54) is 32.1 Å². The second-order valence-corrected chi connectivity index (χ2v) is 4.74. The van der Waals surface area contributed by atoms with E-state index in [1.807, 2.05) is 6.08 Å². The summed E-state index contributed by atoms with van der Waals surface area (Å²) < 4.78 is 0. The van der Waals surface area contributed by atoms with Crippen LogP contribution >= 0.6 is 0 Å². The smallest absolute Gasteiger partial charge is 0.0262 e. The molecule has 0 nitrogen and oxygen atoms in total. The Morgan fingerprint density at radius 3 is 2.33 bits per heavy atom. The van der Waals surface area contributed by atoms with Gasteiger partial charge in [-0.25, -0.2) is 0 Å². The van der Waals surface area contributed by atoms with Gasteiger partial charge in [0.25, 0.3) is 0 Å². The predicted molar refractivity (Wildman–Crippen MR) is 71.0 cm³/mol. The van der Waals surface area contributed by atoms with E-state index in [1.54, 1.807) is 0 Å². The second kappa shape index (κ2) is 10.0. The van der Waals surface area contributed by atoms with Gasteiger partial charge in [0.2, 0.25) is 0 Å². The summed E-state index contributed by atoms with van der Waals surface area (Å²) in [5.74, 6) is 1.60. The standard InChI is InChI=1S/C15H28/c1-5-7-11-15(4)13-9-8-12-14(3)10-6-2/h5,8,12,14-15H,1,6-7,9-11,13H2,2-4H3. The van der Waals surface area contributed by atoms with Gasteiger partial charge < -0.3 is 0 Å². The third-order valence-corrected chi connectivity index (χ3v) is 2.90. The number of rotatable bonds is 9. The normalized spacial score (nSPS) is 15.4. The Kier molecular flexibility index (Phi) is 9.67. The van der Waals surface area contributed by atoms with Gasteiger partial charge in [0.1, 0.15) is 0 Å². The molecule has 0 aliphatic carbocycles. The highest BCUT2D eigenvalue weighted by Crippen LogP contribution is 2.14. The van der Waals surface area contributed by atoms with Gasteiger partial charge in [-0.3, -0.25) is 0 Å². The fraction of sp³-hybridized carbons (Fsp3) is 0.733. The van der Waals surface area contributed by atoms with Crippen molar-refractivity contribution in [2.24, 2.45) is 11.8 Å². The molecule has 0 aromatic carbocycles. The van der Waals surface area contributed by atoms with Gasteiger partial charge in [0.05, 0.1) is 0 Å². The van der Waals surface area contributed by atoms with Crippen molar-refractivity contribution in [2.45, 2.75) is 59.3 Å². The summed E-state index contributed by atoms with van der Waals surface area (Å²) in [4.78, 5) is 0. The van der Waals surface area contributed by atoms with E-state index in [9.17, 15) is 0 Å². The summed E-state index contributed by atoms with van der Waals surface area (Å²) in [6.45, 7) is 10.7. The lowest BCUT2D eigenvalue weighted by Crippen LogP contribution is -1.93. The van der Waals surface area contributed by atoms with Crippen LogP contribution < -0.4 is 0 Å². The Balaban J connectivity index is 3.46. The molecule has 0 N–H and O–H groups in total. The van der Waals surface area contributed by atoms with Gasteiger partial charge >= 0.3 is 0 Å². The summed E-state index contributed by atoms with van der Waals surface area (Å²) in [7, 11) is 0. The molecular formula is C15H28. The van der Waals surface area contributed by atoms with E-state index in [0.29, 0.717) is 0 Å². The maximum Gasteiger partial charge on any atom is -0.0262 e. The Morgan fingerprint density at radius 1 is 1.07 bits per heavy atom. The summed E-state index contributed by atoms with van der Waals surface area (Å²) in [5, 5.41) is 0. The molecule has 88 valence electrons. The predicted octanol–water partition coefficient (Wildman–Crippen LogP) is 5.36.